The van der Waals surface area contributed by atoms with Crippen LogP contribution in [0, 0.1) is 51.8 Å². The van der Waals surface area contributed by atoms with E-state index in [1.165, 1.54) is 38.5 Å². The fourth-order valence-electron chi connectivity index (χ4n) is 9.42. The highest BCUT2D eigenvalue weighted by Gasteiger charge is 2.59. The van der Waals surface area contributed by atoms with Gasteiger partial charge in [-0.1, -0.05) is 33.1 Å². The Kier molecular flexibility index (Phi) is 6.20. The maximum atomic E-state index is 13.7. The fourth-order valence-corrected chi connectivity index (χ4v) is 9.42. The number of aromatic nitrogens is 2. The number of Topliss-reactive ketones (excluding diaryl/α,β-unsaturated/α-hetero) is 1. The van der Waals surface area contributed by atoms with Crippen LogP contribution in [0.2, 0.25) is 0 Å². The van der Waals surface area contributed by atoms with Crippen molar-refractivity contribution < 1.29 is 9.90 Å². The lowest BCUT2D eigenvalue weighted by molar-refractivity contribution is -0.144. The Balaban J connectivity index is 1.40. The largest absolute Gasteiger partial charge is 0.390 e. The van der Waals surface area contributed by atoms with Crippen LogP contribution >= 0.6 is 0 Å². The molecule has 4 aliphatic carbocycles. The van der Waals surface area contributed by atoms with Crippen LogP contribution in [-0.4, -0.2) is 26.3 Å². The summed E-state index contributed by atoms with van der Waals surface area (Å²) >= 11 is 0. The zero-order valence-electron chi connectivity index (χ0n) is 21.4. The quantitative estimate of drug-likeness (QED) is 0.602. The van der Waals surface area contributed by atoms with Crippen molar-refractivity contribution in [1.82, 2.24) is 9.78 Å². The van der Waals surface area contributed by atoms with Crippen molar-refractivity contribution in [2.75, 3.05) is 0 Å². The Morgan fingerprint density at radius 2 is 1.82 bits per heavy atom. The molecule has 5 heteroatoms. The molecule has 0 aromatic carbocycles. The van der Waals surface area contributed by atoms with Crippen LogP contribution in [0.15, 0.2) is 12.4 Å². The zero-order chi connectivity index (χ0) is 24.1. The number of carbonyl (C=O) groups excluding carboxylic acids is 1. The molecule has 4 fully saturated rings. The third-order valence-corrected chi connectivity index (χ3v) is 11.1. The van der Waals surface area contributed by atoms with E-state index < -0.39 is 5.60 Å². The smallest absolute Gasteiger partial charge is 0.157 e. The number of aliphatic hydroxyl groups is 1. The molecule has 1 aromatic heterocycles. The minimum Gasteiger partial charge on any atom is -0.390 e. The van der Waals surface area contributed by atoms with Gasteiger partial charge in [-0.2, -0.15) is 10.4 Å². The van der Waals surface area contributed by atoms with Crippen LogP contribution in [0.4, 0.5) is 0 Å². The number of hydrogen-bond acceptors (Lipinski definition) is 4. The number of hydrogen-bond donors (Lipinski definition) is 1. The van der Waals surface area contributed by atoms with Gasteiger partial charge in [-0.15, -0.1) is 0 Å². The van der Waals surface area contributed by atoms with Crippen LogP contribution in [0.1, 0.15) is 103 Å². The first kappa shape index (κ1) is 24.0. The van der Waals surface area contributed by atoms with E-state index in [1.807, 2.05) is 0 Å². The average Bonchev–Trinajstić information content (AvgIpc) is 3.09. The summed E-state index contributed by atoms with van der Waals surface area (Å²) in [7, 11) is 0. The Morgan fingerprint density at radius 1 is 1.06 bits per heavy atom. The molecule has 0 saturated heterocycles. The Hall–Kier alpha value is -1.67. The average molecular weight is 466 g/mol. The molecule has 0 unspecified atom stereocenters. The van der Waals surface area contributed by atoms with Crippen molar-refractivity contribution in [3.8, 4) is 6.07 Å². The first-order valence-electron chi connectivity index (χ1n) is 13.8. The summed E-state index contributed by atoms with van der Waals surface area (Å²) in [4.78, 5) is 13.7. The molecule has 0 aliphatic heterocycles. The van der Waals surface area contributed by atoms with E-state index in [-0.39, 0.29) is 17.9 Å². The Labute approximate surface area is 205 Å². The maximum absolute atomic E-state index is 13.7. The van der Waals surface area contributed by atoms with Gasteiger partial charge in [0.1, 0.15) is 6.07 Å². The van der Waals surface area contributed by atoms with Gasteiger partial charge in [0, 0.05) is 12.1 Å². The predicted molar refractivity (Wildman–Crippen MR) is 132 cm³/mol. The molecular formula is C29H43N3O2. The van der Waals surface area contributed by atoms with E-state index in [0.717, 1.165) is 44.4 Å². The van der Waals surface area contributed by atoms with Gasteiger partial charge in [-0.3, -0.25) is 9.48 Å². The number of carbonyl (C=O) groups is 1. The summed E-state index contributed by atoms with van der Waals surface area (Å²) < 4.78 is 1.67. The van der Waals surface area contributed by atoms with Crippen molar-refractivity contribution in [2.45, 2.75) is 110 Å². The molecule has 5 rings (SSSR count). The maximum Gasteiger partial charge on any atom is 0.157 e. The predicted octanol–water partition coefficient (Wildman–Crippen LogP) is 5.90. The topological polar surface area (TPSA) is 78.9 Å². The van der Waals surface area contributed by atoms with Gasteiger partial charge in [-0.25, -0.2) is 0 Å². The zero-order valence-corrected chi connectivity index (χ0v) is 21.4. The van der Waals surface area contributed by atoms with E-state index >= 15 is 0 Å². The lowest BCUT2D eigenvalue weighted by Crippen LogP contribution is -2.54. The molecule has 186 valence electrons. The van der Waals surface area contributed by atoms with E-state index in [9.17, 15) is 9.90 Å². The summed E-state index contributed by atoms with van der Waals surface area (Å²) in [5.41, 5.74) is 0.417. The standard InChI is InChI=1S/C29H43N3O2/c1-27(34)12-6-13-28(2)21(15-27)9-10-22-23-7-4-5-8-25(29(23,3)14-11-24(22)28)26(33)19-32-18-20(16-30)17-31-32/h17-18,21-25,34H,4-15,19H2,1-3H3/t21-,22+,23+,24+,25-,27-,28+,29+/m1/s1. The summed E-state index contributed by atoms with van der Waals surface area (Å²) in [6, 6.07) is 2.12. The van der Waals surface area contributed by atoms with Gasteiger partial charge in [0.15, 0.2) is 5.78 Å². The van der Waals surface area contributed by atoms with Crippen molar-refractivity contribution >= 4 is 5.78 Å². The second kappa shape index (κ2) is 8.77. The van der Waals surface area contributed by atoms with E-state index in [0.29, 0.717) is 34.5 Å². The van der Waals surface area contributed by atoms with Gasteiger partial charge in [0.05, 0.1) is 23.9 Å². The summed E-state index contributed by atoms with van der Waals surface area (Å²) in [6.07, 6.45) is 17.1. The van der Waals surface area contributed by atoms with Gasteiger partial charge >= 0.3 is 0 Å². The lowest BCUT2D eigenvalue weighted by atomic mass is 9.44. The highest BCUT2D eigenvalue weighted by molar-refractivity contribution is 5.81. The molecule has 4 saturated carbocycles. The molecule has 0 spiro atoms. The molecule has 1 aromatic rings. The third kappa shape index (κ3) is 4.04. The molecule has 1 heterocycles. The van der Waals surface area contributed by atoms with Gasteiger partial charge in [0.25, 0.3) is 0 Å². The molecule has 8 atom stereocenters. The van der Waals surface area contributed by atoms with Crippen LogP contribution < -0.4 is 0 Å². The van der Waals surface area contributed by atoms with E-state index in [1.54, 1.807) is 17.1 Å². The normalized spacial score (nSPS) is 44.5. The fraction of sp³-hybridized carbons (Fsp3) is 0.828. The lowest BCUT2D eigenvalue weighted by Gasteiger charge is -2.61. The Bertz CT molecular complexity index is 961. The second-order valence-corrected chi connectivity index (χ2v) is 13.1. The highest BCUT2D eigenvalue weighted by atomic mass is 16.3. The second-order valence-electron chi connectivity index (χ2n) is 13.1. The first-order chi connectivity index (χ1) is 16.2. The van der Waals surface area contributed by atoms with Gasteiger partial charge < -0.3 is 5.11 Å². The number of rotatable bonds is 3. The molecule has 4 aliphatic rings. The monoisotopic (exact) mass is 465 g/mol. The van der Waals surface area contributed by atoms with E-state index in [4.69, 9.17) is 5.26 Å². The summed E-state index contributed by atoms with van der Waals surface area (Å²) in [5, 5.41) is 24.3. The molecule has 5 nitrogen and oxygen atoms in total. The minimum absolute atomic E-state index is 0.0688. The van der Waals surface area contributed by atoms with Gasteiger partial charge in [-0.05, 0) is 99.2 Å². The Morgan fingerprint density at radius 3 is 2.59 bits per heavy atom. The molecular weight excluding hydrogens is 422 g/mol. The molecule has 0 bridgehead atoms. The molecule has 1 N–H and O–H groups in total. The minimum atomic E-state index is -0.504. The SMILES string of the molecule is C[C@@]1(O)CCC[C@@]2(C)[C@H](CC[C@@H]3[C@@H]2CC[C@]2(C)[C@@H](C(=O)Cn4cc(C#N)cn4)CCCC[C@@H]32)C1. The van der Waals surface area contributed by atoms with E-state index in [2.05, 4.69) is 31.9 Å². The van der Waals surface area contributed by atoms with Gasteiger partial charge in [0.2, 0.25) is 0 Å². The number of fused-ring (bicyclic) bond motifs is 5. The molecule has 34 heavy (non-hydrogen) atoms. The van der Waals surface area contributed by atoms with Crippen LogP contribution in [0.5, 0.6) is 0 Å². The number of ketones is 1. The van der Waals surface area contributed by atoms with Crippen molar-refractivity contribution in [1.29, 1.82) is 5.26 Å². The number of nitrogens with zero attached hydrogens (tertiary/aromatic N) is 3. The molecule has 0 amide bonds. The first-order valence-corrected chi connectivity index (χ1v) is 13.8. The van der Waals surface area contributed by atoms with Crippen molar-refractivity contribution in [3.05, 3.63) is 18.0 Å². The summed E-state index contributed by atoms with van der Waals surface area (Å²) in [5.74, 6) is 3.11. The van der Waals surface area contributed by atoms with Crippen molar-refractivity contribution in [2.24, 2.45) is 40.4 Å². The van der Waals surface area contributed by atoms with Crippen molar-refractivity contribution in [3.63, 3.8) is 0 Å². The highest BCUT2D eigenvalue weighted by Crippen LogP contribution is 2.66. The number of nitriles is 1. The molecule has 0 radical (unpaired) electrons. The van der Waals surface area contributed by atoms with Crippen LogP contribution in [-0.2, 0) is 11.3 Å². The van der Waals surface area contributed by atoms with Crippen LogP contribution in [0.3, 0.4) is 0 Å². The summed E-state index contributed by atoms with van der Waals surface area (Å²) in [6.45, 7) is 7.35. The van der Waals surface area contributed by atoms with Crippen LogP contribution in [0.25, 0.3) is 0 Å². The third-order valence-electron chi connectivity index (χ3n) is 11.1.